The predicted octanol–water partition coefficient (Wildman–Crippen LogP) is 2.73. The maximum Gasteiger partial charge on any atom is 0.225 e. The van der Waals surface area contributed by atoms with E-state index in [0.29, 0.717) is 12.4 Å². The van der Waals surface area contributed by atoms with Gasteiger partial charge in [0.25, 0.3) is 0 Å². The maximum atomic E-state index is 11.1. The van der Waals surface area contributed by atoms with Gasteiger partial charge in [0, 0.05) is 0 Å². The van der Waals surface area contributed by atoms with Crippen LogP contribution in [0.4, 0.5) is 0 Å². The number of carbonyl (C=O) groups excluding carboxylic acids is 1. The summed E-state index contributed by atoms with van der Waals surface area (Å²) in [4.78, 5) is 15.7. The third kappa shape index (κ3) is 4.82. The first-order valence-electron chi connectivity index (χ1n) is 7.94. The Kier molecular flexibility index (Phi) is 6.21. The lowest BCUT2D eigenvalue weighted by atomic mass is 10.1. The molecule has 5 nitrogen and oxygen atoms in total. The summed E-state index contributed by atoms with van der Waals surface area (Å²) in [5.74, 6) is 2.00. The summed E-state index contributed by atoms with van der Waals surface area (Å²) in [6, 6.07) is 8.52. The molecule has 1 aromatic carbocycles. The molecule has 0 unspecified atom stereocenters. The van der Waals surface area contributed by atoms with Gasteiger partial charge in [-0.15, -0.1) is 0 Å². The van der Waals surface area contributed by atoms with Crippen molar-refractivity contribution in [2.75, 3.05) is 5.75 Å². The highest BCUT2D eigenvalue weighted by Crippen LogP contribution is 2.27. The average molecular weight is 332 g/mol. The molecule has 0 bridgehead atoms. The minimum atomic E-state index is -0.406. The van der Waals surface area contributed by atoms with Gasteiger partial charge in [-0.2, -0.15) is 16.9 Å². The second kappa shape index (κ2) is 8.15. The topological polar surface area (TPSA) is 73.8 Å². The average Bonchev–Trinajstić information content (AvgIpc) is 2.90. The fourth-order valence-electron chi connectivity index (χ4n) is 2.43. The molecule has 2 aromatic rings. The van der Waals surface area contributed by atoms with Crippen molar-refractivity contribution >= 4 is 17.7 Å². The van der Waals surface area contributed by atoms with Gasteiger partial charge in [0.2, 0.25) is 5.91 Å². The number of hydrogen-bond acceptors (Lipinski definition) is 4. The van der Waals surface area contributed by atoms with Crippen molar-refractivity contribution in [3.05, 3.63) is 47.0 Å². The van der Waals surface area contributed by atoms with Crippen LogP contribution in [0.1, 0.15) is 48.8 Å². The molecule has 6 heteroatoms. The highest BCUT2D eigenvalue weighted by molar-refractivity contribution is 7.99. The summed E-state index contributed by atoms with van der Waals surface area (Å²) in [5, 5.41) is 4.71. The van der Waals surface area contributed by atoms with E-state index < -0.39 is 5.91 Å². The summed E-state index contributed by atoms with van der Waals surface area (Å²) in [5.41, 5.74) is 7.76. The fourth-order valence-corrected chi connectivity index (χ4v) is 3.25. The lowest BCUT2D eigenvalue weighted by molar-refractivity contribution is -0.117. The van der Waals surface area contributed by atoms with Crippen molar-refractivity contribution in [1.82, 2.24) is 14.8 Å². The largest absolute Gasteiger partial charge is 0.369 e. The number of aromatic nitrogens is 3. The molecule has 0 aliphatic carbocycles. The van der Waals surface area contributed by atoms with Crippen molar-refractivity contribution in [1.29, 1.82) is 0 Å². The van der Waals surface area contributed by atoms with E-state index >= 15 is 0 Å². The molecule has 1 heterocycles. The summed E-state index contributed by atoms with van der Waals surface area (Å²) in [6.07, 6.45) is 1.11. The van der Waals surface area contributed by atoms with Gasteiger partial charge in [-0.1, -0.05) is 38.1 Å². The van der Waals surface area contributed by atoms with Crippen molar-refractivity contribution in [2.24, 2.45) is 5.73 Å². The van der Waals surface area contributed by atoms with E-state index in [1.807, 2.05) is 16.4 Å². The molecule has 1 aromatic heterocycles. The molecule has 0 aliphatic heterocycles. The Morgan fingerprint density at radius 3 is 2.48 bits per heavy atom. The van der Waals surface area contributed by atoms with Crippen LogP contribution in [0.15, 0.2) is 24.3 Å². The van der Waals surface area contributed by atoms with Gasteiger partial charge in [0.15, 0.2) is 5.82 Å². The lowest BCUT2D eigenvalue weighted by Gasteiger charge is -2.11. The first-order valence-corrected chi connectivity index (χ1v) is 8.99. The van der Waals surface area contributed by atoms with E-state index in [1.165, 1.54) is 11.1 Å². The zero-order valence-corrected chi connectivity index (χ0v) is 14.8. The fraction of sp³-hybridized carbons (Fsp3) is 0.471. The van der Waals surface area contributed by atoms with Crippen LogP contribution in [-0.4, -0.2) is 26.4 Å². The van der Waals surface area contributed by atoms with Gasteiger partial charge in [-0.3, -0.25) is 4.79 Å². The predicted molar refractivity (Wildman–Crippen MR) is 94.4 cm³/mol. The Morgan fingerprint density at radius 2 is 1.91 bits per heavy atom. The molecule has 0 radical (unpaired) electrons. The summed E-state index contributed by atoms with van der Waals surface area (Å²) in [7, 11) is 0. The second-order valence-corrected chi connectivity index (χ2v) is 7.07. The summed E-state index contributed by atoms with van der Waals surface area (Å²) < 4.78 is 1.90. The van der Waals surface area contributed by atoms with Crippen molar-refractivity contribution in [2.45, 2.75) is 45.4 Å². The first-order chi connectivity index (χ1) is 11.0. The molecular weight excluding hydrogens is 308 g/mol. The number of nitrogens with zero attached hydrogens (tertiary/aromatic N) is 3. The second-order valence-electron chi connectivity index (χ2n) is 5.45. The van der Waals surface area contributed by atoms with Gasteiger partial charge < -0.3 is 5.73 Å². The number of carbonyl (C=O) groups is 1. The van der Waals surface area contributed by atoms with Crippen LogP contribution in [0.2, 0.25) is 0 Å². The number of primary amides is 1. The van der Waals surface area contributed by atoms with E-state index in [-0.39, 0.29) is 11.7 Å². The number of rotatable bonds is 8. The summed E-state index contributed by atoms with van der Waals surface area (Å²) >= 11 is 1.81. The van der Waals surface area contributed by atoms with E-state index in [1.54, 1.807) is 0 Å². The molecule has 1 amide bonds. The third-order valence-electron chi connectivity index (χ3n) is 3.62. The smallest absolute Gasteiger partial charge is 0.225 e. The highest BCUT2D eigenvalue weighted by atomic mass is 32.2. The maximum absolute atomic E-state index is 11.1. The number of benzene rings is 1. The zero-order chi connectivity index (χ0) is 16.8. The number of nitrogens with two attached hydrogens (primary N) is 1. The van der Waals surface area contributed by atoms with Crippen molar-refractivity contribution in [3.63, 3.8) is 0 Å². The van der Waals surface area contributed by atoms with Gasteiger partial charge in [-0.05, 0) is 30.2 Å². The Morgan fingerprint density at radius 1 is 1.26 bits per heavy atom. The van der Waals surface area contributed by atoms with E-state index in [0.717, 1.165) is 18.0 Å². The van der Waals surface area contributed by atoms with Crippen LogP contribution in [0, 0.1) is 0 Å². The molecule has 124 valence electrons. The third-order valence-corrected chi connectivity index (χ3v) is 4.66. The first kappa shape index (κ1) is 17.5. The summed E-state index contributed by atoms with van der Waals surface area (Å²) in [6.45, 7) is 7.03. The van der Waals surface area contributed by atoms with Gasteiger partial charge in [0.05, 0.1) is 18.2 Å². The molecule has 0 fully saturated rings. The molecule has 0 spiro atoms. The lowest BCUT2D eigenvalue weighted by Crippen LogP contribution is -2.15. The standard InChI is InChI=1S/C17H24N4OS/c1-4-13-6-8-14(9-7-13)11-21-17(12(3)23-5-2)19-16(20-21)10-15(18)22/h6-9,12H,4-5,10-11H2,1-3H3,(H2,18,22)/t12-/m0/s1. The van der Waals surface area contributed by atoms with Crippen LogP contribution in [0.5, 0.6) is 0 Å². The molecule has 0 saturated heterocycles. The quantitative estimate of drug-likeness (QED) is 0.806. The van der Waals surface area contributed by atoms with Crippen LogP contribution >= 0.6 is 11.8 Å². The molecule has 1 atom stereocenters. The number of aryl methyl sites for hydroxylation is 1. The SMILES string of the molecule is CCS[C@@H](C)c1nc(CC(N)=O)nn1Cc1ccc(CC)cc1. The zero-order valence-electron chi connectivity index (χ0n) is 14.0. The molecule has 0 aliphatic rings. The van der Waals surface area contributed by atoms with Gasteiger partial charge in [-0.25, -0.2) is 9.67 Å². The van der Waals surface area contributed by atoms with Crippen LogP contribution in [-0.2, 0) is 24.2 Å². The Bertz CT molecular complexity index is 651. The normalized spacial score (nSPS) is 12.3. The van der Waals surface area contributed by atoms with Crippen LogP contribution in [0.3, 0.4) is 0 Å². The highest BCUT2D eigenvalue weighted by Gasteiger charge is 2.17. The molecular formula is C17H24N4OS. The van der Waals surface area contributed by atoms with E-state index in [2.05, 4.69) is 55.1 Å². The van der Waals surface area contributed by atoms with Crippen LogP contribution in [0.25, 0.3) is 0 Å². The minimum absolute atomic E-state index is 0.0816. The molecule has 2 N–H and O–H groups in total. The van der Waals surface area contributed by atoms with Gasteiger partial charge >= 0.3 is 0 Å². The Balaban J connectivity index is 2.26. The Hall–Kier alpha value is -1.82. The van der Waals surface area contributed by atoms with E-state index in [4.69, 9.17) is 5.73 Å². The Labute approximate surface area is 141 Å². The monoisotopic (exact) mass is 332 g/mol. The van der Waals surface area contributed by atoms with Crippen LogP contribution < -0.4 is 5.73 Å². The van der Waals surface area contributed by atoms with E-state index in [9.17, 15) is 4.79 Å². The molecule has 0 saturated carbocycles. The van der Waals surface area contributed by atoms with Crippen molar-refractivity contribution < 1.29 is 4.79 Å². The number of amides is 1. The molecule has 2 rings (SSSR count). The molecule has 23 heavy (non-hydrogen) atoms. The van der Waals surface area contributed by atoms with Crippen molar-refractivity contribution in [3.8, 4) is 0 Å². The number of hydrogen-bond donors (Lipinski definition) is 1. The van der Waals surface area contributed by atoms with Gasteiger partial charge in [0.1, 0.15) is 5.82 Å². The number of thioether (sulfide) groups is 1. The minimum Gasteiger partial charge on any atom is -0.369 e.